The highest BCUT2D eigenvalue weighted by atomic mass is 79.9. The Morgan fingerprint density at radius 3 is 3.17 bits per heavy atom. The van der Waals surface area contributed by atoms with E-state index in [9.17, 15) is 4.79 Å². The SMILES string of the molecule is Cc1cc(Br)cnc1N1CCCC2C(=O)NCC21. The van der Waals surface area contributed by atoms with E-state index in [0.717, 1.165) is 41.8 Å². The molecular formula is C13H16BrN3O. The normalized spacial score (nSPS) is 27.0. The van der Waals surface area contributed by atoms with Crippen molar-refractivity contribution in [2.75, 3.05) is 18.0 Å². The number of pyridine rings is 1. The minimum atomic E-state index is 0.142. The highest BCUT2D eigenvalue weighted by Gasteiger charge is 2.41. The van der Waals surface area contributed by atoms with Crippen LogP contribution in [0.2, 0.25) is 0 Å². The molecule has 1 N–H and O–H groups in total. The molecule has 0 radical (unpaired) electrons. The van der Waals surface area contributed by atoms with Crippen molar-refractivity contribution >= 4 is 27.7 Å². The number of nitrogens with one attached hydrogen (secondary N) is 1. The molecule has 2 aliphatic rings. The molecule has 2 aliphatic heterocycles. The van der Waals surface area contributed by atoms with Gasteiger partial charge in [0.2, 0.25) is 5.91 Å². The molecule has 5 heteroatoms. The highest BCUT2D eigenvalue weighted by Crippen LogP contribution is 2.32. The fraction of sp³-hybridized carbons (Fsp3) is 0.538. The maximum Gasteiger partial charge on any atom is 0.225 e. The van der Waals surface area contributed by atoms with E-state index in [1.54, 1.807) is 0 Å². The third kappa shape index (κ3) is 1.90. The van der Waals surface area contributed by atoms with Crippen molar-refractivity contribution in [3.8, 4) is 0 Å². The smallest absolute Gasteiger partial charge is 0.225 e. The van der Waals surface area contributed by atoms with Crippen molar-refractivity contribution in [2.24, 2.45) is 5.92 Å². The van der Waals surface area contributed by atoms with Crippen LogP contribution in [0.5, 0.6) is 0 Å². The molecule has 0 bridgehead atoms. The number of anilines is 1. The lowest BCUT2D eigenvalue weighted by atomic mass is 9.91. The number of aryl methyl sites for hydroxylation is 1. The Bertz CT molecular complexity index is 491. The second kappa shape index (κ2) is 4.53. The minimum Gasteiger partial charge on any atom is -0.354 e. The Morgan fingerprint density at radius 2 is 2.39 bits per heavy atom. The van der Waals surface area contributed by atoms with Crippen molar-refractivity contribution in [1.29, 1.82) is 0 Å². The van der Waals surface area contributed by atoms with Gasteiger partial charge in [-0.3, -0.25) is 4.79 Å². The molecular weight excluding hydrogens is 294 g/mol. The zero-order valence-electron chi connectivity index (χ0n) is 10.3. The summed E-state index contributed by atoms with van der Waals surface area (Å²) in [7, 11) is 0. The van der Waals surface area contributed by atoms with Crippen LogP contribution in [0.1, 0.15) is 18.4 Å². The number of rotatable bonds is 1. The monoisotopic (exact) mass is 309 g/mol. The first-order valence-corrected chi connectivity index (χ1v) is 7.12. The summed E-state index contributed by atoms with van der Waals surface area (Å²) in [6.07, 6.45) is 3.89. The van der Waals surface area contributed by atoms with Crippen molar-refractivity contribution in [3.05, 3.63) is 22.3 Å². The molecule has 0 spiro atoms. The number of carbonyl (C=O) groups excluding carboxylic acids is 1. The molecule has 1 amide bonds. The van der Waals surface area contributed by atoms with E-state index in [2.05, 4.69) is 44.1 Å². The Kier molecular flexibility index (Phi) is 3.01. The van der Waals surface area contributed by atoms with Crippen molar-refractivity contribution in [2.45, 2.75) is 25.8 Å². The number of amides is 1. The van der Waals surface area contributed by atoms with E-state index in [0.29, 0.717) is 0 Å². The number of hydrogen-bond acceptors (Lipinski definition) is 3. The molecule has 4 nitrogen and oxygen atoms in total. The molecule has 3 rings (SSSR count). The van der Waals surface area contributed by atoms with Crippen LogP contribution in [0.4, 0.5) is 5.82 Å². The van der Waals surface area contributed by atoms with Gasteiger partial charge >= 0.3 is 0 Å². The second-order valence-electron chi connectivity index (χ2n) is 5.05. The summed E-state index contributed by atoms with van der Waals surface area (Å²) in [5, 5.41) is 2.97. The molecule has 1 aromatic rings. The van der Waals surface area contributed by atoms with Gasteiger partial charge in [0, 0.05) is 23.8 Å². The van der Waals surface area contributed by atoms with Gasteiger partial charge in [0.05, 0.1) is 12.0 Å². The van der Waals surface area contributed by atoms with Crippen LogP contribution in [0.3, 0.4) is 0 Å². The lowest BCUT2D eigenvalue weighted by Gasteiger charge is -2.37. The van der Waals surface area contributed by atoms with Gasteiger partial charge in [0.1, 0.15) is 5.82 Å². The number of piperidine rings is 1. The Morgan fingerprint density at radius 1 is 1.56 bits per heavy atom. The first kappa shape index (κ1) is 12.0. The van der Waals surface area contributed by atoms with Gasteiger partial charge in [-0.15, -0.1) is 0 Å². The van der Waals surface area contributed by atoms with Crippen LogP contribution in [0.15, 0.2) is 16.7 Å². The zero-order valence-corrected chi connectivity index (χ0v) is 11.9. The molecule has 3 heterocycles. The molecule has 2 saturated heterocycles. The fourth-order valence-corrected chi connectivity index (χ4v) is 3.49. The molecule has 18 heavy (non-hydrogen) atoms. The van der Waals surface area contributed by atoms with E-state index < -0.39 is 0 Å². The van der Waals surface area contributed by atoms with E-state index >= 15 is 0 Å². The number of nitrogens with zero attached hydrogens (tertiary/aromatic N) is 2. The summed E-state index contributed by atoms with van der Waals surface area (Å²) < 4.78 is 0.998. The molecule has 96 valence electrons. The topological polar surface area (TPSA) is 45.2 Å². The minimum absolute atomic E-state index is 0.142. The maximum absolute atomic E-state index is 11.8. The summed E-state index contributed by atoms with van der Waals surface area (Å²) in [5.74, 6) is 1.37. The average molecular weight is 310 g/mol. The molecule has 2 fully saturated rings. The Balaban J connectivity index is 1.93. The number of fused-ring (bicyclic) bond motifs is 1. The first-order chi connectivity index (χ1) is 8.66. The number of halogens is 1. The summed E-state index contributed by atoms with van der Waals surface area (Å²) in [5.41, 5.74) is 1.16. The molecule has 1 aromatic heterocycles. The Labute approximate surface area is 115 Å². The van der Waals surface area contributed by atoms with Crippen LogP contribution >= 0.6 is 15.9 Å². The maximum atomic E-state index is 11.8. The van der Waals surface area contributed by atoms with Gasteiger partial charge in [0.15, 0.2) is 0 Å². The predicted octanol–water partition coefficient (Wildman–Crippen LogP) is 1.87. The predicted molar refractivity (Wildman–Crippen MR) is 73.5 cm³/mol. The summed E-state index contributed by atoms with van der Waals surface area (Å²) >= 11 is 3.44. The summed E-state index contributed by atoms with van der Waals surface area (Å²) in [6, 6.07) is 2.36. The number of carbonyl (C=O) groups is 1. The molecule has 2 atom stereocenters. The van der Waals surface area contributed by atoms with Crippen LogP contribution in [0, 0.1) is 12.8 Å². The number of hydrogen-bond donors (Lipinski definition) is 1. The average Bonchev–Trinajstić information content (AvgIpc) is 2.72. The van der Waals surface area contributed by atoms with E-state index in [4.69, 9.17) is 0 Å². The van der Waals surface area contributed by atoms with E-state index in [1.165, 1.54) is 0 Å². The van der Waals surface area contributed by atoms with Crippen LogP contribution in [-0.4, -0.2) is 30.0 Å². The van der Waals surface area contributed by atoms with Crippen LogP contribution in [-0.2, 0) is 4.79 Å². The largest absolute Gasteiger partial charge is 0.354 e. The van der Waals surface area contributed by atoms with Gasteiger partial charge in [0.25, 0.3) is 0 Å². The van der Waals surface area contributed by atoms with Crippen LogP contribution < -0.4 is 10.2 Å². The van der Waals surface area contributed by atoms with Gasteiger partial charge in [-0.1, -0.05) is 0 Å². The number of aromatic nitrogens is 1. The highest BCUT2D eigenvalue weighted by molar-refractivity contribution is 9.10. The quantitative estimate of drug-likeness (QED) is 0.861. The first-order valence-electron chi connectivity index (χ1n) is 6.33. The lowest BCUT2D eigenvalue weighted by Crippen LogP contribution is -2.46. The van der Waals surface area contributed by atoms with Crippen molar-refractivity contribution in [3.63, 3.8) is 0 Å². The van der Waals surface area contributed by atoms with Gasteiger partial charge in [-0.05, 0) is 47.3 Å². The third-order valence-electron chi connectivity index (χ3n) is 3.89. The van der Waals surface area contributed by atoms with Crippen molar-refractivity contribution < 1.29 is 4.79 Å². The molecule has 0 saturated carbocycles. The van der Waals surface area contributed by atoms with Crippen LogP contribution in [0.25, 0.3) is 0 Å². The van der Waals surface area contributed by atoms with Gasteiger partial charge < -0.3 is 10.2 Å². The van der Waals surface area contributed by atoms with Gasteiger partial charge in [-0.2, -0.15) is 0 Å². The van der Waals surface area contributed by atoms with E-state index in [1.807, 2.05) is 6.20 Å². The molecule has 0 aromatic carbocycles. The lowest BCUT2D eigenvalue weighted by molar-refractivity contribution is -0.122. The standard InChI is InChI=1S/C13H16BrN3O/c1-8-5-9(14)6-15-12(8)17-4-2-3-10-11(17)7-16-13(10)18/h5-6,10-11H,2-4,7H2,1H3,(H,16,18). The van der Waals surface area contributed by atoms with E-state index in [-0.39, 0.29) is 17.9 Å². The Hall–Kier alpha value is -1.10. The van der Waals surface area contributed by atoms with Gasteiger partial charge in [-0.25, -0.2) is 4.98 Å². The summed E-state index contributed by atoms with van der Waals surface area (Å²) in [6.45, 7) is 3.81. The summed E-state index contributed by atoms with van der Waals surface area (Å²) in [4.78, 5) is 18.6. The second-order valence-corrected chi connectivity index (χ2v) is 5.96. The zero-order chi connectivity index (χ0) is 12.7. The molecule has 0 aliphatic carbocycles. The fourth-order valence-electron chi connectivity index (χ4n) is 3.05. The molecule has 2 unspecified atom stereocenters. The third-order valence-corrected chi connectivity index (χ3v) is 4.32. The van der Waals surface area contributed by atoms with Crippen molar-refractivity contribution in [1.82, 2.24) is 10.3 Å².